The van der Waals surface area contributed by atoms with Gasteiger partial charge < -0.3 is 21.5 Å². The molecule has 0 unspecified atom stereocenters. The van der Waals surface area contributed by atoms with Crippen LogP contribution in [0.25, 0.3) is 0 Å². The molecule has 3 atom stereocenters. The first kappa shape index (κ1) is 23.0. The van der Waals surface area contributed by atoms with Crippen molar-refractivity contribution in [1.82, 2.24) is 10.6 Å². The van der Waals surface area contributed by atoms with Crippen LogP contribution in [0, 0.1) is 5.92 Å². The number of carbonyl (C=O) groups is 3. The average Bonchev–Trinajstić information content (AvgIpc) is 2.63. The maximum atomic E-state index is 12.7. The molecule has 0 aliphatic carbocycles. The Hall–Kier alpha value is -2.06. The van der Waals surface area contributed by atoms with Gasteiger partial charge in [0, 0.05) is 6.42 Å². The van der Waals surface area contributed by atoms with Crippen LogP contribution in [0.1, 0.15) is 25.8 Å². The van der Waals surface area contributed by atoms with Gasteiger partial charge in [-0.25, -0.2) is 4.79 Å². The van der Waals surface area contributed by atoms with Gasteiger partial charge in [0.25, 0.3) is 0 Å². The smallest absolute Gasteiger partial charge is 0.326 e. The van der Waals surface area contributed by atoms with Gasteiger partial charge in [0.05, 0.1) is 6.04 Å². The third-order valence-electron chi connectivity index (χ3n) is 4.12. The zero-order valence-electron chi connectivity index (χ0n) is 16.0. The molecule has 0 aromatic heterocycles. The Morgan fingerprint density at radius 3 is 2.26 bits per heavy atom. The summed E-state index contributed by atoms with van der Waals surface area (Å²) < 4.78 is 0. The SMILES string of the molecule is CSCC[C@H](N)C(=O)N[C@@H](Cc1ccccc1)C(=O)N[C@H](C(=O)O)C(C)C. The highest BCUT2D eigenvalue weighted by molar-refractivity contribution is 7.98. The number of benzene rings is 1. The van der Waals surface area contributed by atoms with Gasteiger partial charge in [-0.2, -0.15) is 11.8 Å². The lowest BCUT2D eigenvalue weighted by molar-refractivity contribution is -0.143. The number of amides is 2. The van der Waals surface area contributed by atoms with E-state index in [0.29, 0.717) is 6.42 Å². The molecule has 5 N–H and O–H groups in total. The summed E-state index contributed by atoms with van der Waals surface area (Å²) in [7, 11) is 0. The third-order valence-corrected chi connectivity index (χ3v) is 4.76. The van der Waals surface area contributed by atoms with Crippen molar-refractivity contribution >= 4 is 29.5 Å². The Kier molecular flexibility index (Phi) is 9.88. The van der Waals surface area contributed by atoms with E-state index >= 15 is 0 Å². The predicted octanol–water partition coefficient (Wildman–Crippen LogP) is 1.02. The average molecular weight is 396 g/mol. The number of thioether (sulfide) groups is 1. The number of hydrogen-bond acceptors (Lipinski definition) is 5. The van der Waals surface area contributed by atoms with Crippen LogP contribution in [0.2, 0.25) is 0 Å². The predicted molar refractivity (Wildman–Crippen MR) is 107 cm³/mol. The van der Waals surface area contributed by atoms with Crippen LogP contribution < -0.4 is 16.4 Å². The molecular weight excluding hydrogens is 366 g/mol. The maximum absolute atomic E-state index is 12.7. The van der Waals surface area contributed by atoms with E-state index in [-0.39, 0.29) is 12.3 Å². The summed E-state index contributed by atoms with van der Waals surface area (Å²) in [5, 5.41) is 14.5. The van der Waals surface area contributed by atoms with E-state index < -0.39 is 35.9 Å². The van der Waals surface area contributed by atoms with E-state index in [9.17, 15) is 19.5 Å². The van der Waals surface area contributed by atoms with Crippen LogP contribution in [-0.4, -0.2) is 53.0 Å². The van der Waals surface area contributed by atoms with Gasteiger partial charge in [0.15, 0.2) is 0 Å². The summed E-state index contributed by atoms with van der Waals surface area (Å²) in [5.41, 5.74) is 6.75. The first-order valence-electron chi connectivity index (χ1n) is 8.88. The van der Waals surface area contributed by atoms with Gasteiger partial charge in [0.1, 0.15) is 12.1 Å². The second-order valence-corrected chi connectivity index (χ2v) is 7.69. The lowest BCUT2D eigenvalue weighted by Crippen LogP contribution is -2.56. The first-order valence-corrected chi connectivity index (χ1v) is 10.3. The molecule has 0 aliphatic rings. The molecule has 0 radical (unpaired) electrons. The Morgan fingerprint density at radius 1 is 1.11 bits per heavy atom. The van der Waals surface area contributed by atoms with E-state index in [1.54, 1.807) is 25.6 Å². The quantitative estimate of drug-likeness (QED) is 0.444. The zero-order valence-corrected chi connectivity index (χ0v) is 16.8. The van der Waals surface area contributed by atoms with Gasteiger partial charge in [-0.15, -0.1) is 0 Å². The number of rotatable bonds is 11. The van der Waals surface area contributed by atoms with Gasteiger partial charge in [-0.1, -0.05) is 44.2 Å². The fourth-order valence-corrected chi connectivity index (χ4v) is 2.97. The van der Waals surface area contributed by atoms with Crippen molar-refractivity contribution in [2.75, 3.05) is 12.0 Å². The molecule has 0 heterocycles. The molecule has 0 aliphatic heterocycles. The van der Waals surface area contributed by atoms with E-state index in [4.69, 9.17) is 5.73 Å². The molecule has 27 heavy (non-hydrogen) atoms. The van der Waals surface area contributed by atoms with E-state index in [1.807, 2.05) is 36.6 Å². The summed E-state index contributed by atoms with van der Waals surface area (Å²) in [4.78, 5) is 36.5. The van der Waals surface area contributed by atoms with Gasteiger partial charge in [-0.05, 0) is 29.9 Å². The molecule has 0 spiro atoms. The summed E-state index contributed by atoms with van der Waals surface area (Å²) in [5.74, 6) is -1.62. The van der Waals surface area contributed by atoms with Crippen LogP contribution in [0.4, 0.5) is 0 Å². The largest absolute Gasteiger partial charge is 0.480 e. The highest BCUT2D eigenvalue weighted by Gasteiger charge is 2.29. The number of nitrogens with one attached hydrogen (secondary N) is 2. The Bertz CT molecular complexity index is 625. The van der Waals surface area contributed by atoms with Crippen molar-refractivity contribution in [2.45, 2.75) is 44.8 Å². The number of carbonyl (C=O) groups excluding carboxylic acids is 2. The second kappa shape index (κ2) is 11.6. The molecule has 1 aromatic carbocycles. The molecule has 2 amide bonds. The van der Waals surface area contributed by atoms with Gasteiger partial charge in [0.2, 0.25) is 11.8 Å². The number of hydrogen-bond donors (Lipinski definition) is 4. The summed E-state index contributed by atoms with van der Waals surface area (Å²) in [6.45, 7) is 3.42. The standard InChI is InChI=1S/C19H29N3O4S/c1-12(2)16(19(25)26)22-18(24)15(11-13-7-5-4-6-8-13)21-17(23)14(20)9-10-27-3/h4-8,12,14-16H,9-11,20H2,1-3H3,(H,21,23)(H,22,24)(H,25,26)/t14-,15-,16-/m0/s1. The number of carboxylic acid groups (broad SMARTS) is 1. The molecule has 8 heteroatoms. The van der Waals surface area contributed by atoms with Crippen molar-refractivity contribution < 1.29 is 19.5 Å². The highest BCUT2D eigenvalue weighted by atomic mass is 32.2. The van der Waals surface area contributed by atoms with Gasteiger partial charge in [-0.3, -0.25) is 9.59 Å². The second-order valence-electron chi connectivity index (χ2n) is 6.71. The number of aliphatic carboxylic acids is 1. The van der Waals surface area contributed by atoms with Crippen LogP contribution in [0.5, 0.6) is 0 Å². The molecule has 150 valence electrons. The normalized spacial score (nSPS) is 14.3. The van der Waals surface area contributed by atoms with Crippen molar-refractivity contribution in [3.8, 4) is 0 Å². The lowest BCUT2D eigenvalue weighted by Gasteiger charge is -2.24. The fourth-order valence-electron chi connectivity index (χ4n) is 2.48. The molecule has 7 nitrogen and oxygen atoms in total. The van der Waals surface area contributed by atoms with Crippen LogP contribution in [0.15, 0.2) is 30.3 Å². The van der Waals surface area contributed by atoms with Crippen LogP contribution >= 0.6 is 11.8 Å². The monoisotopic (exact) mass is 395 g/mol. The molecule has 0 saturated heterocycles. The minimum Gasteiger partial charge on any atom is -0.480 e. The minimum atomic E-state index is -1.11. The van der Waals surface area contributed by atoms with E-state index in [1.165, 1.54) is 0 Å². The van der Waals surface area contributed by atoms with Gasteiger partial charge >= 0.3 is 5.97 Å². The molecular formula is C19H29N3O4S. The summed E-state index contributed by atoms with van der Waals surface area (Å²) in [6, 6.07) is 6.57. The fraction of sp³-hybridized carbons (Fsp3) is 0.526. The Labute approximate surface area is 164 Å². The van der Waals surface area contributed by atoms with Crippen molar-refractivity contribution in [3.63, 3.8) is 0 Å². The molecule has 1 rings (SSSR count). The summed E-state index contributed by atoms with van der Waals surface area (Å²) in [6.07, 6.45) is 2.67. The molecule has 1 aromatic rings. The summed E-state index contributed by atoms with van der Waals surface area (Å²) >= 11 is 1.59. The van der Waals surface area contributed by atoms with E-state index in [2.05, 4.69) is 10.6 Å². The Balaban J connectivity index is 2.91. The van der Waals surface area contributed by atoms with Crippen LogP contribution in [-0.2, 0) is 20.8 Å². The molecule has 0 fully saturated rings. The van der Waals surface area contributed by atoms with Crippen molar-refractivity contribution in [2.24, 2.45) is 11.7 Å². The number of carboxylic acids is 1. The first-order chi connectivity index (χ1) is 12.8. The van der Waals surface area contributed by atoms with Crippen molar-refractivity contribution in [1.29, 1.82) is 0 Å². The van der Waals surface area contributed by atoms with Crippen molar-refractivity contribution in [3.05, 3.63) is 35.9 Å². The maximum Gasteiger partial charge on any atom is 0.326 e. The molecule has 0 bridgehead atoms. The highest BCUT2D eigenvalue weighted by Crippen LogP contribution is 2.07. The Morgan fingerprint density at radius 2 is 1.74 bits per heavy atom. The zero-order chi connectivity index (χ0) is 20.4. The topological polar surface area (TPSA) is 122 Å². The number of nitrogens with two attached hydrogens (primary N) is 1. The van der Waals surface area contributed by atoms with Crippen LogP contribution in [0.3, 0.4) is 0 Å². The lowest BCUT2D eigenvalue weighted by atomic mass is 10.0. The van der Waals surface area contributed by atoms with E-state index in [0.717, 1.165) is 11.3 Å². The minimum absolute atomic E-state index is 0.248. The molecule has 0 saturated carbocycles. The third kappa shape index (κ3) is 8.01.